The Hall–Kier alpha value is -3.52. The highest BCUT2D eigenvalue weighted by Crippen LogP contribution is 2.28. The molecule has 52 heavy (non-hydrogen) atoms. The minimum atomic E-state index is -5.08. The van der Waals surface area contributed by atoms with Gasteiger partial charge < -0.3 is 31.2 Å². The lowest BCUT2D eigenvalue weighted by Crippen LogP contribution is -2.26. The van der Waals surface area contributed by atoms with Gasteiger partial charge in [-0.1, -0.05) is 128 Å². The highest BCUT2D eigenvalue weighted by molar-refractivity contribution is 5.73. The van der Waals surface area contributed by atoms with Crippen molar-refractivity contribution in [3.05, 3.63) is 59.7 Å². The first-order valence-electron chi connectivity index (χ1n) is 18.1. The number of unbranched alkanes of at least 4 members (excludes halogenated alkanes) is 14. The molecule has 0 aliphatic rings. The predicted molar refractivity (Wildman–Crippen MR) is 190 cm³/mol. The molecule has 298 valence electrons. The van der Waals surface area contributed by atoms with E-state index in [1.165, 1.54) is 89.9 Å². The first-order chi connectivity index (χ1) is 24.5. The van der Waals surface area contributed by atoms with Gasteiger partial charge in [0.1, 0.15) is 11.5 Å². The van der Waals surface area contributed by atoms with Crippen LogP contribution in [0.3, 0.4) is 0 Å². The summed E-state index contributed by atoms with van der Waals surface area (Å²) >= 11 is 0. The Labute approximate surface area is 304 Å². The zero-order chi connectivity index (χ0) is 39.4. The molecule has 0 aliphatic carbocycles. The van der Waals surface area contributed by atoms with Crippen molar-refractivity contribution in [1.29, 1.82) is 0 Å². The largest absolute Gasteiger partial charge is 0.494 e. The maximum Gasteiger partial charge on any atom is 0.490 e. The van der Waals surface area contributed by atoms with Crippen LogP contribution < -0.4 is 20.9 Å². The molecular weight excluding hydrogens is 694 g/mol. The molecule has 2 aromatic rings. The number of ether oxygens (including phenoxy) is 2. The third-order valence-electron chi connectivity index (χ3n) is 7.94. The van der Waals surface area contributed by atoms with E-state index in [1.807, 2.05) is 48.5 Å². The number of hydrogen-bond donors (Lipinski definition) is 4. The highest BCUT2D eigenvalue weighted by Gasteiger charge is 2.38. The van der Waals surface area contributed by atoms with E-state index in [2.05, 4.69) is 13.8 Å². The Morgan fingerprint density at radius 3 is 0.981 bits per heavy atom. The molecule has 2 atom stereocenters. The maximum absolute atomic E-state index is 10.6. The van der Waals surface area contributed by atoms with Gasteiger partial charge in [0.2, 0.25) is 0 Å². The molecule has 0 aromatic heterocycles. The number of nitrogens with two attached hydrogens (primary N) is 2. The standard InChI is InChI=1S/C34H56N2O2.2C2HF3O2/c1-3-5-7-9-11-13-15-17-27-37-31-23-19-29(20-24-31)33(35)34(36)30-21-25-32(26-22-30)38-28-18-16-14-12-10-8-6-4-2;2*3-2(4,5)1(6)7/h19-26,33-34H,3-18,27-28,35-36H2,1-2H3;2*(H,6,7)/t33-,34-;;/m1../s1. The topological polar surface area (TPSA) is 145 Å². The van der Waals surface area contributed by atoms with E-state index in [-0.39, 0.29) is 12.1 Å². The van der Waals surface area contributed by atoms with Crippen molar-refractivity contribution in [2.24, 2.45) is 11.5 Å². The van der Waals surface area contributed by atoms with Gasteiger partial charge in [-0.15, -0.1) is 0 Å². The molecule has 0 amide bonds. The Balaban J connectivity index is 0.00000156. The van der Waals surface area contributed by atoms with Gasteiger partial charge in [0.05, 0.1) is 13.2 Å². The monoisotopic (exact) mass is 752 g/mol. The lowest BCUT2D eigenvalue weighted by Gasteiger charge is -2.21. The van der Waals surface area contributed by atoms with Gasteiger partial charge in [-0.05, 0) is 48.2 Å². The van der Waals surface area contributed by atoms with Crippen molar-refractivity contribution in [2.75, 3.05) is 13.2 Å². The fraction of sp³-hybridized carbons (Fsp3) is 0.632. The number of aliphatic carboxylic acids is 2. The molecule has 0 saturated carbocycles. The van der Waals surface area contributed by atoms with Crippen LogP contribution in [0, 0.1) is 0 Å². The number of alkyl halides is 6. The molecule has 0 radical (unpaired) electrons. The third-order valence-corrected chi connectivity index (χ3v) is 7.94. The molecule has 6 N–H and O–H groups in total. The molecular formula is C38H58F6N2O6. The zero-order valence-corrected chi connectivity index (χ0v) is 30.5. The predicted octanol–water partition coefficient (Wildman–Crippen LogP) is 10.7. The summed E-state index contributed by atoms with van der Waals surface area (Å²) in [4.78, 5) is 17.8. The summed E-state index contributed by atoms with van der Waals surface area (Å²) in [7, 11) is 0. The molecule has 8 nitrogen and oxygen atoms in total. The molecule has 14 heteroatoms. The Morgan fingerprint density at radius 2 is 0.750 bits per heavy atom. The van der Waals surface area contributed by atoms with E-state index >= 15 is 0 Å². The Morgan fingerprint density at radius 1 is 0.519 bits per heavy atom. The lowest BCUT2D eigenvalue weighted by atomic mass is 9.95. The molecule has 0 aliphatic heterocycles. The quantitative estimate of drug-likeness (QED) is 0.0648. The summed E-state index contributed by atoms with van der Waals surface area (Å²) < 4.78 is 75.3. The van der Waals surface area contributed by atoms with Crippen LogP contribution in [0.5, 0.6) is 11.5 Å². The number of carboxylic acids is 2. The molecule has 0 spiro atoms. The van der Waals surface area contributed by atoms with Crippen molar-refractivity contribution in [3.8, 4) is 11.5 Å². The summed E-state index contributed by atoms with van der Waals surface area (Å²) in [5.41, 5.74) is 15.1. The van der Waals surface area contributed by atoms with Crippen molar-refractivity contribution >= 4 is 11.9 Å². The normalized spacial score (nSPS) is 12.4. The van der Waals surface area contributed by atoms with Crippen molar-refractivity contribution < 1.29 is 55.6 Å². The van der Waals surface area contributed by atoms with E-state index in [1.54, 1.807) is 0 Å². The van der Waals surface area contributed by atoms with E-state index in [0.717, 1.165) is 48.7 Å². The maximum atomic E-state index is 10.6. The van der Waals surface area contributed by atoms with Gasteiger partial charge in [-0.3, -0.25) is 0 Å². The third kappa shape index (κ3) is 24.6. The molecule has 0 fully saturated rings. The Kier molecular flexibility index (Phi) is 26.1. The molecule has 2 aromatic carbocycles. The van der Waals surface area contributed by atoms with Crippen LogP contribution in [0.15, 0.2) is 48.5 Å². The minimum absolute atomic E-state index is 0.277. The SMILES string of the molecule is CCCCCCCCCCOc1ccc([C@@H](N)[C@H](N)c2ccc(OCCCCCCCCCC)cc2)cc1.O=C(O)C(F)(F)F.O=C(O)C(F)(F)F. The van der Waals surface area contributed by atoms with Crippen LogP contribution in [-0.2, 0) is 9.59 Å². The van der Waals surface area contributed by atoms with Crippen molar-refractivity contribution in [3.63, 3.8) is 0 Å². The van der Waals surface area contributed by atoms with E-state index < -0.39 is 24.3 Å². The van der Waals surface area contributed by atoms with Gasteiger partial charge >= 0.3 is 24.3 Å². The van der Waals surface area contributed by atoms with Gasteiger partial charge in [0.15, 0.2) is 0 Å². The zero-order valence-electron chi connectivity index (χ0n) is 30.5. The molecule has 0 bridgehead atoms. The van der Waals surface area contributed by atoms with Crippen LogP contribution in [-0.4, -0.2) is 47.7 Å². The number of halogens is 6. The first-order valence-corrected chi connectivity index (χ1v) is 18.1. The fourth-order valence-electron chi connectivity index (χ4n) is 4.84. The molecule has 2 rings (SSSR count). The minimum Gasteiger partial charge on any atom is -0.494 e. The number of carbonyl (C=O) groups is 2. The summed E-state index contributed by atoms with van der Waals surface area (Å²) in [6.45, 7) is 6.07. The second-order valence-electron chi connectivity index (χ2n) is 12.4. The van der Waals surface area contributed by atoms with Crippen LogP contribution in [0.1, 0.15) is 140 Å². The fourth-order valence-corrected chi connectivity index (χ4v) is 4.84. The summed E-state index contributed by atoms with van der Waals surface area (Å²) in [5.74, 6) is -3.72. The first kappa shape index (κ1) is 48.5. The molecule has 0 heterocycles. The smallest absolute Gasteiger partial charge is 0.490 e. The summed E-state index contributed by atoms with van der Waals surface area (Å²) in [5, 5.41) is 14.2. The second kappa shape index (κ2) is 28.0. The molecule has 0 saturated heterocycles. The highest BCUT2D eigenvalue weighted by atomic mass is 19.4. The van der Waals surface area contributed by atoms with Crippen molar-refractivity contribution in [1.82, 2.24) is 0 Å². The average molecular weight is 753 g/mol. The molecule has 0 unspecified atom stereocenters. The van der Waals surface area contributed by atoms with Crippen molar-refractivity contribution in [2.45, 2.75) is 141 Å². The van der Waals surface area contributed by atoms with Gasteiger partial charge in [0.25, 0.3) is 0 Å². The van der Waals surface area contributed by atoms with E-state index in [4.69, 9.17) is 40.7 Å². The van der Waals surface area contributed by atoms with E-state index in [0.29, 0.717) is 0 Å². The number of hydrogen-bond acceptors (Lipinski definition) is 6. The van der Waals surface area contributed by atoms with Crippen LogP contribution in [0.25, 0.3) is 0 Å². The average Bonchev–Trinajstić information content (AvgIpc) is 3.10. The number of rotatable bonds is 23. The van der Waals surface area contributed by atoms with Crippen LogP contribution in [0.4, 0.5) is 26.3 Å². The van der Waals surface area contributed by atoms with Gasteiger partial charge in [-0.2, -0.15) is 26.3 Å². The second-order valence-corrected chi connectivity index (χ2v) is 12.4. The Bertz CT molecular complexity index is 1100. The van der Waals surface area contributed by atoms with E-state index in [9.17, 15) is 26.3 Å². The van der Waals surface area contributed by atoms with Gasteiger partial charge in [-0.25, -0.2) is 9.59 Å². The number of benzene rings is 2. The number of carboxylic acid groups (broad SMARTS) is 2. The summed E-state index contributed by atoms with van der Waals surface area (Å²) in [6.07, 6.45) is 10.7. The van der Waals surface area contributed by atoms with Crippen LogP contribution >= 0.6 is 0 Å². The summed E-state index contributed by atoms with van der Waals surface area (Å²) in [6, 6.07) is 15.6. The van der Waals surface area contributed by atoms with Gasteiger partial charge in [0, 0.05) is 12.1 Å². The van der Waals surface area contributed by atoms with Crippen LogP contribution in [0.2, 0.25) is 0 Å². The lowest BCUT2D eigenvalue weighted by molar-refractivity contribution is -0.193.